The molecule has 8 heteroatoms. The van der Waals surface area contributed by atoms with Gasteiger partial charge in [-0.15, -0.1) is 0 Å². The normalized spacial score (nSPS) is 20.0. The number of carbonyl (C=O) groups excluding carboxylic acids is 1. The third-order valence-electron chi connectivity index (χ3n) is 3.29. The second kappa shape index (κ2) is 5.90. The van der Waals surface area contributed by atoms with E-state index in [1.807, 2.05) is 0 Å². The molecule has 1 aromatic carbocycles. The maximum Gasteiger partial charge on any atom is 0.335 e. The Labute approximate surface area is 120 Å². The molecular weight excluding hydrogens is 278 g/mol. The second-order valence-corrected chi connectivity index (χ2v) is 4.80. The van der Waals surface area contributed by atoms with Gasteiger partial charge in [0.1, 0.15) is 6.04 Å². The molecular formula is C13H15N3O5. The van der Waals surface area contributed by atoms with Crippen molar-refractivity contribution < 1.29 is 24.6 Å². The predicted molar refractivity (Wildman–Crippen MR) is 71.1 cm³/mol. The van der Waals surface area contributed by atoms with Crippen molar-refractivity contribution in [3.63, 3.8) is 0 Å². The van der Waals surface area contributed by atoms with E-state index in [1.165, 1.54) is 17.1 Å². The van der Waals surface area contributed by atoms with Gasteiger partial charge < -0.3 is 15.9 Å². The number of hydrogen-bond acceptors (Lipinski definition) is 5. The molecule has 0 aliphatic carbocycles. The Kier molecular flexibility index (Phi) is 4.20. The monoisotopic (exact) mass is 293 g/mol. The van der Waals surface area contributed by atoms with E-state index in [2.05, 4.69) is 5.43 Å². The van der Waals surface area contributed by atoms with Gasteiger partial charge in [0.05, 0.1) is 11.6 Å². The SMILES string of the molecule is N[C@H](C(=O)O)[C@@H]1CC(=O)NN1Cc1cccc(C(=O)O)c1. The van der Waals surface area contributed by atoms with Gasteiger partial charge in [0.15, 0.2) is 0 Å². The number of rotatable bonds is 5. The minimum atomic E-state index is -1.20. The number of amides is 1. The highest BCUT2D eigenvalue weighted by Gasteiger charge is 2.37. The fourth-order valence-corrected chi connectivity index (χ4v) is 2.23. The molecule has 0 radical (unpaired) electrons. The van der Waals surface area contributed by atoms with Crippen LogP contribution in [0.3, 0.4) is 0 Å². The molecule has 1 aliphatic heterocycles. The van der Waals surface area contributed by atoms with Crippen LogP contribution in [0.4, 0.5) is 0 Å². The van der Waals surface area contributed by atoms with Crippen molar-refractivity contribution in [2.75, 3.05) is 0 Å². The number of aliphatic carboxylic acids is 1. The van der Waals surface area contributed by atoms with Gasteiger partial charge in [0, 0.05) is 13.0 Å². The summed E-state index contributed by atoms with van der Waals surface area (Å²) >= 11 is 0. The minimum Gasteiger partial charge on any atom is -0.480 e. The summed E-state index contributed by atoms with van der Waals surface area (Å²) in [6.07, 6.45) is -0.00785. The first-order valence-electron chi connectivity index (χ1n) is 6.25. The molecule has 1 aromatic rings. The molecule has 8 nitrogen and oxygen atoms in total. The van der Waals surface area contributed by atoms with Crippen molar-refractivity contribution in [3.05, 3.63) is 35.4 Å². The summed E-state index contributed by atoms with van der Waals surface area (Å²) in [5.41, 5.74) is 8.88. The number of nitrogens with two attached hydrogens (primary N) is 1. The average Bonchev–Trinajstić information content (AvgIpc) is 2.78. The third kappa shape index (κ3) is 3.36. The number of carbonyl (C=O) groups is 3. The van der Waals surface area contributed by atoms with Crippen molar-refractivity contribution >= 4 is 17.8 Å². The van der Waals surface area contributed by atoms with Gasteiger partial charge >= 0.3 is 11.9 Å². The fourth-order valence-electron chi connectivity index (χ4n) is 2.23. The summed E-state index contributed by atoms with van der Waals surface area (Å²) in [5.74, 6) is -2.56. The lowest BCUT2D eigenvalue weighted by Crippen LogP contribution is -2.50. The number of hydrogen-bond donors (Lipinski definition) is 4. The van der Waals surface area contributed by atoms with Gasteiger partial charge in [-0.25, -0.2) is 9.80 Å². The summed E-state index contributed by atoms with van der Waals surface area (Å²) in [7, 11) is 0. The van der Waals surface area contributed by atoms with Crippen LogP contribution >= 0.6 is 0 Å². The lowest BCUT2D eigenvalue weighted by atomic mass is 10.1. The molecule has 0 aromatic heterocycles. The molecule has 2 rings (SSSR count). The van der Waals surface area contributed by atoms with Gasteiger partial charge in [0.25, 0.3) is 0 Å². The summed E-state index contributed by atoms with van der Waals surface area (Å²) in [4.78, 5) is 33.4. The van der Waals surface area contributed by atoms with Crippen molar-refractivity contribution in [2.45, 2.75) is 25.0 Å². The van der Waals surface area contributed by atoms with Gasteiger partial charge in [-0.2, -0.15) is 0 Å². The molecule has 1 amide bonds. The van der Waals surface area contributed by atoms with E-state index in [0.29, 0.717) is 5.56 Å². The Morgan fingerprint density at radius 3 is 2.76 bits per heavy atom. The number of nitrogens with one attached hydrogen (secondary N) is 1. The van der Waals surface area contributed by atoms with Crippen LogP contribution in [-0.2, 0) is 16.1 Å². The van der Waals surface area contributed by atoms with Gasteiger partial charge in [-0.3, -0.25) is 15.0 Å². The van der Waals surface area contributed by atoms with Crippen LogP contribution in [0.15, 0.2) is 24.3 Å². The van der Waals surface area contributed by atoms with E-state index in [-0.39, 0.29) is 24.4 Å². The molecule has 0 spiro atoms. The van der Waals surface area contributed by atoms with Crippen LogP contribution in [0, 0.1) is 0 Å². The smallest absolute Gasteiger partial charge is 0.335 e. The third-order valence-corrected chi connectivity index (χ3v) is 3.29. The van der Waals surface area contributed by atoms with E-state index < -0.39 is 24.0 Å². The predicted octanol–water partition coefficient (Wildman–Crippen LogP) is -0.598. The summed E-state index contributed by atoms with van der Waals surface area (Å²) in [6.45, 7) is 0.179. The Bertz CT molecular complexity index is 589. The number of carboxylic acid groups (broad SMARTS) is 2. The first-order valence-corrected chi connectivity index (χ1v) is 6.25. The molecule has 0 bridgehead atoms. The molecule has 21 heavy (non-hydrogen) atoms. The van der Waals surface area contributed by atoms with Crippen molar-refractivity contribution in [3.8, 4) is 0 Å². The van der Waals surface area contributed by atoms with Crippen molar-refractivity contribution in [1.82, 2.24) is 10.4 Å². The number of hydrazine groups is 1. The quantitative estimate of drug-likeness (QED) is 0.569. The van der Waals surface area contributed by atoms with Crippen LogP contribution in [0.25, 0.3) is 0 Å². The largest absolute Gasteiger partial charge is 0.480 e. The van der Waals surface area contributed by atoms with Gasteiger partial charge in [-0.1, -0.05) is 12.1 Å². The number of benzene rings is 1. The van der Waals surface area contributed by atoms with Crippen molar-refractivity contribution in [1.29, 1.82) is 0 Å². The first-order chi connectivity index (χ1) is 9.88. The second-order valence-electron chi connectivity index (χ2n) is 4.80. The molecule has 0 saturated carbocycles. The summed E-state index contributed by atoms with van der Waals surface area (Å²) in [6, 6.07) is 4.32. The number of carboxylic acids is 2. The molecule has 112 valence electrons. The summed E-state index contributed by atoms with van der Waals surface area (Å²) < 4.78 is 0. The Balaban J connectivity index is 2.17. The molecule has 1 heterocycles. The minimum absolute atomic E-state index is 0.00785. The Morgan fingerprint density at radius 1 is 1.43 bits per heavy atom. The molecule has 2 atom stereocenters. The highest BCUT2D eigenvalue weighted by atomic mass is 16.4. The highest BCUT2D eigenvalue weighted by Crippen LogP contribution is 2.17. The standard InChI is InChI=1S/C13H15N3O5/c14-11(13(20)21)9-5-10(17)15-16(9)6-7-2-1-3-8(4-7)12(18)19/h1-4,9,11H,5-6,14H2,(H,15,17)(H,18,19)(H,20,21)/t9-,11-/m0/s1. The number of aromatic carboxylic acids is 1. The zero-order valence-electron chi connectivity index (χ0n) is 11.0. The molecule has 5 N–H and O–H groups in total. The molecule has 0 unspecified atom stereocenters. The van der Waals surface area contributed by atoms with Crippen LogP contribution in [0.5, 0.6) is 0 Å². The van der Waals surface area contributed by atoms with Crippen LogP contribution < -0.4 is 11.2 Å². The topological polar surface area (TPSA) is 133 Å². The summed E-state index contributed by atoms with van der Waals surface area (Å²) in [5, 5.41) is 19.3. The van der Waals surface area contributed by atoms with Gasteiger partial charge in [-0.05, 0) is 17.7 Å². The van der Waals surface area contributed by atoms with Crippen LogP contribution in [0.1, 0.15) is 22.3 Å². The van der Waals surface area contributed by atoms with E-state index in [0.717, 1.165) is 0 Å². The lowest BCUT2D eigenvalue weighted by Gasteiger charge is -2.25. The van der Waals surface area contributed by atoms with Crippen molar-refractivity contribution in [2.24, 2.45) is 5.73 Å². The Hall–Kier alpha value is -2.45. The number of nitrogens with zero attached hydrogens (tertiary/aromatic N) is 1. The fraction of sp³-hybridized carbons (Fsp3) is 0.308. The first kappa shape index (κ1) is 14.9. The van der Waals surface area contributed by atoms with Gasteiger partial charge in [0.2, 0.25) is 5.91 Å². The van der Waals surface area contributed by atoms with Crippen LogP contribution in [-0.4, -0.2) is 45.2 Å². The average molecular weight is 293 g/mol. The molecule has 1 fully saturated rings. The zero-order chi connectivity index (χ0) is 15.6. The maximum absolute atomic E-state index is 11.5. The van der Waals surface area contributed by atoms with E-state index >= 15 is 0 Å². The maximum atomic E-state index is 11.5. The molecule has 1 aliphatic rings. The lowest BCUT2D eigenvalue weighted by molar-refractivity contribution is -0.140. The zero-order valence-corrected chi connectivity index (χ0v) is 11.0. The molecule has 1 saturated heterocycles. The highest BCUT2D eigenvalue weighted by molar-refractivity contribution is 5.87. The van der Waals surface area contributed by atoms with E-state index in [9.17, 15) is 14.4 Å². The van der Waals surface area contributed by atoms with E-state index in [1.54, 1.807) is 12.1 Å². The van der Waals surface area contributed by atoms with E-state index in [4.69, 9.17) is 15.9 Å². The van der Waals surface area contributed by atoms with Crippen LogP contribution in [0.2, 0.25) is 0 Å². The Morgan fingerprint density at radius 2 is 2.14 bits per heavy atom.